The van der Waals surface area contributed by atoms with E-state index in [1.807, 2.05) is 12.1 Å². The van der Waals surface area contributed by atoms with Crippen molar-refractivity contribution in [3.05, 3.63) is 46.2 Å². The van der Waals surface area contributed by atoms with Crippen LogP contribution in [-0.4, -0.2) is 47.2 Å². The van der Waals surface area contributed by atoms with Gasteiger partial charge in [-0.25, -0.2) is 9.59 Å². The largest absolute Gasteiger partial charge is 0.477 e. The summed E-state index contributed by atoms with van der Waals surface area (Å²) in [5, 5.41) is 14.4. The predicted molar refractivity (Wildman–Crippen MR) is 124 cm³/mol. The molecule has 0 saturated heterocycles. The second-order valence-corrected chi connectivity index (χ2v) is 8.40. The topological polar surface area (TPSA) is 134 Å². The first-order valence-electron chi connectivity index (χ1n) is 9.81. The van der Waals surface area contributed by atoms with Crippen LogP contribution >= 0.6 is 11.3 Å². The first-order valence-corrected chi connectivity index (χ1v) is 10.6. The second-order valence-electron chi connectivity index (χ2n) is 7.23. The average Bonchev–Trinajstić information content (AvgIpc) is 3.15. The Morgan fingerprint density at radius 2 is 1.57 bits per heavy atom. The number of amides is 2. The summed E-state index contributed by atoms with van der Waals surface area (Å²) >= 11 is 1.17. The second kappa shape index (κ2) is 12.7. The number of aromatic carboxylic acids is 1. The van der Waals surface area contributed by atoms with E-state index in [0.29, 0.717) is 36.5 Å². The lowest BCUT2D eigenvalue weighted by Gasteiger charge is -2.30. The Labute approximate surface area is 182 Å². The number of nitrogens with two attached hydrogens (primary N) is 2. The van der Waals surface area contributed by atoms with Gasteiger partial charge in [0.1, 0.15) is 4.88 Å². The Kier molecular flexibility index (Phi) is 10.7. The van der Waals surface area contributed by atoms with Gasteiger partial charge in [0.2, 0.25) is 0 Å². The smallest absolute Gasteiger partial charge is 0.345 e. The Morgan fingerprint density at radius 1 is 1.00 bits per heavy atom. The molecule has 0 aliphatic heterocycles. The predicted octanol–water partition coefficient (Wildman–Crippen LogP) is 3.22. The standard InChI is InChI=1S/C15H25N3O3S.C6H8N2/c1-10(2)18(11(3)4)8-7-16-15(21)17-9-12-5-6-13(22-12)14(19)20;7-5-3-1-2-4-6(5)8/h5-6,10-11H,7-9H2,1-4H3,(H,19,20)(H2,16,17,21);1-4H,7-8H2. The molecule has 2 aromatic rings. The highest BCUT2D eigenvalue weighted by molar-refractivity contribution is 7.13. The third-order valence-electron chi connectivity index (χ3n) is 4.27. The van der Waals surface area contributed by atoms with Crippen molar-refractivity contribution in [3.63, 3.8) is 0 Å². The summed E-state index contributed by atoms with van der Waals surface area (Å²) in [4.78, 5) is 25.9. The number of hydrogen-bond acceptors (Lipinski definition) is 6. The molecular formula is C21H33N5O3S. The number of nitrogens with one attached hydrogen (secondary N) is 2. The monoisotopic (exact) mass is 435 g/mol. The molecule has 2 amide bonds. The Morgan fingerprint density at radius 3 is 2.00 bits per heavy atom. The zero-order valence-corrected chi connectivity index (χ0v) is 18.8. The van der Waals surface area contributed by atoms with Crippen LogP contribution in [0.1, 0.15) is 42.2 Å². The molecule has 0 atom stereocenters. The van der Waals surface area contributed by atoms with E-state index in [4.69, 9.17) is 16.6 Å². The molecule has 9 heteroatoms. The van der Waals surface area contributed by atoms with Crippen molar-refractivity contribution in [1.82, 2.24) is 15.5 Å². The highest BCUT2D eigenvalue weighted by atomic mass is 32.1. The van der Waals surface area contributed by atoms with Crippen molar-refractivity contribution in [1.29, 1.82) is 0 Å². The number of para-hydroxylation sites is 2. The number of thiophene rings is 1. The van der Waals surface area contributed by atoms with Crippen molar-refractivity contribution >= 4 is 34.7 Å². The molecule has 0 aliphatic rings. The number of carbonyl (C=O) groups excluding carboxylic acids is 1. The lowest BCUT2D eigenvalue weighted by Crippen LogP contribution is -2.44. The lowest BCUT2D eigenvalue weighted by molar-refractivity contribution is 0.0702. The Hall–Kier alpha value is -2.78. The van der Waals surface area contributed by atoms with E-state index >= 15 is 0 Å². The van der Waals surface area contributed by atoms with Crippen LogP contribution in [0.2, 0.25) is 0 Å². The highest BCUT2D eigenvalue weighted by Gasteiger charge is 2.13. The van der Waals surface area contributed by atoms with Gasteiger partial charge in [-0.2, -0.15) is 0 Å². The summed E-state index contributed by atoms with van der Waals surface area (Å²) in [5.41, 5.74) is 12.1. The first-order chi connectivity index (χ1) is 14.1. The van der Waals surface area contributed by atoms with Crippen LogP contribution in [0.25, 0.3) is 0 Å². The van der Waals surface area contributed by atoms with E-state index in [1.165, 1.54) is 11.3 Å². The van der Waals surface area contributed by atoms with Crippen LogP contribution in [-0.2, 0) is 6.54 Å². The molecule has 0 spiro atoms. The summed E-state index contributed by atoms with van der Waals surface area (Å²) < 4.78 is 0. The number of nitrogen functional groups attached to an aromatic ring is 2. The molecule has 166 valence electrons. The molecular weight excluding hydrogens is 402 g/mol. The summed E-state index contributed by atoms with van der Waals surface area (Å²) in [6, 6.07) is 11.1. The van der Waals surface area contributed by atoms with Gasteiger partial charge >= 0.3 is 12.0 Å². The van der Waals surface area contributed by atoms with Crippen molar-refractivity contribution in [2.24, 2.45) is 0 Å². The average molecular weight is 436 g/mol. The molecule has 30 heavy (non-hydrogen) atoms. The van der Waals surface area contributed by atoms with E-state index in [9.17, 15) is 9.59 Å². The molecule has 7 N–H and O–H groups in total. The molecule has 1 heterocycles. The maximum absolute atomic E-state index is 11.7. The zero-order chi connectivity index (χ0) is 22.7. The quantitative estimate of drug-likeness (QED) is 0.404. The molecule has 1 aromatic heterocycles. The molecule has 0 fully saturated rings. The fraction of sp³-hybridized carbons (Fsp3) is 0.429. The number of carbonyl (C=O) groups is 2. The van der Waals surface area contributed by atoms with E-state index in [2.05, 4.69) is 43.2 Å². The molecule has 0 radical (unpaired) electrons. The minimum absolute atomic E-state index is 0.238. The van der Waals surface area contributed by atoms with Gasteiger partial charge in [-0.05, 0) is 52.0 Å². The number of rotatable bonds is 8. The minimum atomic E-state index is -0.942. The van der Waals surface area contributed by atoms with Crippen LogP contribution in [0.5, 0.6) is 0 Å². The number of carboxylic acids is 1. The molecule has 0 unspecified atom stereocenters. The summed E-state index contributed by atoms with van der Waals surface area (Å²) in [6.45, 7) is 10.3. The number of nitrogens with zero attached hydrogens (tertiary/aromatic N) is 1. The Balaban J connectivity index is 0.000000467. The van der Waals surface area contributed by atoms with Gasteiger partial charge in [0.15, 0.2) is 0 Å². The van der Waals surface area contributed by atoms with Crippen molar-refractivity contribution < 1.29 is 14.7 Å². The number of hydrogen-bond donors (Lipinski definition) is 5. The fourth-order valence-electron chi connectivity index (χ4n) is 2.74. The van der Waals surface area contributed by atoms with Gasteiger partial charge < -0.3 is 27.2 Å². The van der Waals surface area contributed by atoms with E-state index in [0.717, 1.165) is 11.4 Å². The highest BCUT2D eigenvalue weighted by Crippen LogP contribution is 2.15. The Bertz CT molecular complexity index is 778. The van der Waals surface area contributed by atoms with Crippen molar-refractivity contribution in [2.75, 3.05) is 24.6 Å². The van der Waals surface area contributed by atoms with Crippen LogP contribution < -0.4 is 22.1 Å². The zero-order valence-electron chi connectivity index (χ0n) is 18.0. The van der Waals surface area contributed by atoms with E-state index in [-0.39, 0.29) is 10.9 Å². The third kappa shape index (κ3) is 9.15. The van der Waals surface area contributed by atoms with E-state index in [1.54, 1.807) is 24.3 Å². The van der Waals surface area contributed by atoms with Gasteiger partial charge in [-0.1, -0.05) is 12.1 Å². The number of carboxylic acid groups (broad SMARTS) is 1. The van der Waals surface area contributed by atoms with Gasteiger partial charge in [0.25, 0.3) is 0 Å². The molecule has 0 aliphatic carbocycles. The molecule has 8 nitrogen and oxygen atoms in total. The molecule has 1 aromatic carbocycles. The summed E-state index contributed by atoms with van der Waals surface area (Å²) in [5.74, 6) is -0.942. The van der Waals surface area contributed by atoms with Gasteiger partial charge in [0.05, 0.1) is 17.9 Å². The summed E-state index contributed by atoms with van der Waals surface area (Å²) in [7, 11) is 0. The molecule has 2 rings (SSSR count). The SMILES string of the molecule is CC(C)N(CCNC(=O)NCc1ccc(C(=O)O)s1)C(C)C.Nc1ccccc1N. The summed E-state index contributed by atoms with van der Waals surface area (Å²) in [6.07, 6.45) is 0. The molecule has 0 saturated carbocycles. The third-order valence-corrected chi connectivity index (χ3v) is 5.35. The van der Waals surface area contributed by atoms with Gasteiger partial charge in [-0.15, -0.1) is 11.3 Å². The molecule has 0 bridgehead atoms. The van der Waals surface area contributed by atoms with Crippen LogP contribution in [0.15, 0.2) is 36.4 Å². The number of urea groups is 1. The fourth-order valence-corrected chi connectivity index (χ4v) is 3.53. The van der Waals surface area contributed by atoms with Gasteiger partial charge in [0, 0.05) is 30.1 Å². The van der Waals surface area contributed by atoms with Crippen LogP contribution in [0.3, 0.4) is 0 Å². The maximum Gasteiger partial charge on any atom is 0.345 e. The van der Waals surface area contributed by atoms with E-state index < -0.39 is 5.97 Å². The van der Waals surface area contributed by atoms with Crippen LogP contribution in [0, 0.1) is 0 Å². The van der Waals surface area contributed by atoms with Crippen molar-refractivity contribution in [2.45, 2.75) is 46.3 Å². The maximum atomic E-state index is 11.7. The van der Waals surface area contributed by atoms with Gasteiger partial charge in [-0.3, -0.25) is 4.90 Å². The van der Waals surface area contributed by atoms with Crippen LogP contribution in [0.4, 0.5) is 16.2 Å². The number of benzene rings is 1. The normalized spacial score (nSPS) is 10.6. The minimum Gasteiger partial charge on any atom is -0.477 e. The number of anilines is 2. The first kappa shape index (κ1) is 25.3. The lowest BCUT2D eigenvalue weighted by atomic mass is 10.2. The van der Waals surface area contributed by atoms with Crippen molar-refractivity contribution in [3.8, 4) is 0 Å².